The van der Waals surface area contributed by atoms with E-state index in [0.717, 1.165) is 20.8 Å². The molecule has 1 aromatic carbocycles. The third-order valence-electron chi connectivity index (χ3n) is 5.43. The van der Waals surface area contributed by atoms with E-state index in [0.29, 0.717) is 11.1 Å². The monoisotopic (exact) mass is 536 g/mol. The van der Waals surface area contributed by atoms with E-state index in [9.17, 15) is 28.8 Å². The number of oxazole rings is 1. The lowest BCUT2D eigenvalue weighted by Crippen LogP contribution is -2.66. The Balaban J connectivity index is 1.85. The van der Waals surface area contributed by atoms with Crippen LogP contribution in [0.15, 0.2) is 33.5 Å². The Hall–Kier alpha value is -4.20. The van der Waals surface area contributed by atoms with E-state index >= 15 is 0 Å². The molecule has 0 unspecified atom stereocenters. The number of nitrogens with one attached hydrogen (secondary N) is 1. The molecular weight excluding hydrogens is 508 g/mol. The van der Waals surface area contributed by atoms with Crippen molar-refractivity contribution >= 4 is 40.9 Å². The van der Waals surface area contributed by atoms with Crippen LogP contribution in [-0.2, 0) is 54.2 Å². The average Bonchev–Trinajstić information content (AvgIpc) is 3.14. The van der Waals surface area contributed by atoms with Crippen LogP contribution in [0.2, 0.25) is 0 Å². The second kappa shape index (κ2) is 12.4. The summed E-state index contributed by atoms with van der Waals surface area (Å²) in [6.45, 7) is 3.99. The lowest BCUT2D eigenvalue weighted by Gasteiger charge is -2.44. The number of carbonyl (C=O) groups is 5. The molecule has 5 atom stereocenters. The number of nitrogens with zero attached hydrogens (tertiary/aromatic N) is 1. The van der Waals surface area contributed by atoms with E-state index < -0.39 is 72.8 Å². The topological polar surface area (TPSA) is 179 Å². The van der Waals surface area contributed by atoms with Gasteiger partial charge < -0.3 is 33.4 Å². The van der Waals surface area contributed by atoms with Gasteiger partial charge in [0.05, 0.1) is 11.9 Å². The third-order valence-corrected chi connectivity index (χ3v) is 5.43. The number of hydrogen-bond acceptors (Lipinski definition) is 12. The summed E-state index contributed by atoms with van der Waals surface area (Å²) in [7, 11) is 0. The molecule has 2 aromatic rings. The first kappa shape index (κ1) is 28.4. The molecule has 14 heteroatoms. The molecule has 3 rings (SSSR count). The molecule has 1 aliphatic rings. The molecule has 0 spiro atoms. The van der Waals surface area contributed by atoms with Gasteiger partial charge in [0.1, 0.15) is 18.8 Å². The van der Waals surface area contributed by atoms with Crippen LogP contribution in [0.5, 0.6) is 0 Å². The number of fused-ring (bicyclic) bond motifs is 1. The van der Waals surface area contributed by atoms with Gasteiger partial charge in [0.2, 0.25) is 12.2 Å². The molecule has 2 heterocycles. The molecule has 1 saturated heterocycles. The summed E-state index contributed by atoms with van der Waals surface area (Å²) in [6.07, 6.45) is -5.75. The highest BCUT2D eigenvalue weighted by molar-refractivity contribution is 5.75. The molecule has 1 amide bonds. The predicted octanol–water partition coefficient (Wildman–Crippen LogP) is 0.184. The number of aromatic nitrogens is 1. The lowest BCUT2D eigenvalue weighted by molar-refractivity contribution is -0.271. The zero-order valence-electron chi connectivity index (χ0n) is 21.2. The maximum atomic E-state index is 12.8. The average molecular weight is 536 g/mol. The SMILES string of the molecule is CC(=O)N[C@@H]1[C@H](OC(=O)CCn2c(=O)oc3ccccc32)O[C@H](COC(C)=O)[C@@H](OC(C)=O)[C@@H]1OC(C)=O. The van der Waals surface area contributed by atoms with E-state index in [1.807, 2.05) is 0 Å². The van der Waals surface area contributed by atoms with E-state index in [-0.39, 0.29) is 13.0 Å². The van der Waals surface area contributed by atoms with Crippen molar-refractivity contribution in [3.63, 3.8) is 0 Å². The minimum atomic E-state index is -1.54. The minimum absolute atomic E-state index is 0.0907. The van der Waals surface area contributed by atoms with Gasteiger partial charge >= 0.3 is 29.6 Å². The highest BCUT2D eigenvalue weighted by Crippen LogP contribution is 2.28. The summed E-state index contributed by atoms with van der Waals surface area (Å²) in [5, 5.41) is 2.50. The number of amides is 1. The van der Waals surface area contributed by atoms with Crippen LogP contribution in [0.4, 0.5) is 0 Å². The summed E-state index contributed by atoms with van der Waals surface area (Å²) in [4.78, 5) is 72.1. The first-order valence-electron chi connectivity index (χ1n) is 11.6. The van der Waals surface area contributed by atoms with Crippen molar-refractivity contribution in [2.24, 2.45) is 0 Å². The van der Waals surface area contributed by atoms with Crippen LogP contribution in [0.25, 0.3) is 11.1 Å². The van der Waals surface area contributed by atoms with E-state index in [2.05, 4.69) is 5.32 Å². The quantitative estimate of drug-likeness (QED) is 0.340. The number of aryl methyl sites for hydroxylation is 1. The highest BCUT2D eigenvalue weighted by Gasteiger charge is 2.52. The van der Waals surface area contributed by atoms with Gasteiger partial charge in [0.25, 0.3) is 0 Å². The Morgan fingerprint density at radius 2 is 1.58 bits per heavy atom. The van der Waals surface area contributed by atoms with Crippen LogP contribution < -0.4 is 11.1 Å². The van der Waals surface area contributed by atoms with Crippen molar-refractivity contribution in [1.82, 2.24) is 9.88 Å². The van der Waals surface area contributed by atoms with Crippen molar-refractivity contribution in [3.05, 3.63) is 34.8 Å². The Morgan fingerprint density at radius 3 is 2.21 bits per heavy atom. The molecule has 1 aromatic heterocycles. The van der Waals surface area contributed by atoms with Gasteiger partial charge in [0, 0.05) is 34.2 Å². The molecule has 1 N–H and O–H groups in total. The van der Waals surface area contributed by atoms with Crippen LogP contribution in [0.3, 0.4) is 0 Å². The van der Waals surface area contributed by atoms with Crippen molar-refractivity contribution in [1.29, 1.82) is 0 Å². The molecule has 0 bridgehead atoms. The molecular formula is C24H28N2O12. The number of esters is 4. The molecule has 1 fully saturated rings. The summed E-state index contributed by atoms with van der Waals surface area (Å²) in [5.41, 5.74) is 0.831. The zero-order chi connectivity index (χ0) is 28.0. The molecule has 38 heavy (non-hydrogen) atoms. The van der Waals surface area contributed by atoms with E-state index in [1.54, 1.807) is 24.3 Å². The van der Waals surface area contributed by atoms with Crippen molar-refractivity contribution < 1.29 is 52.1 Å². The number of para-hydroxylation sites is 2. The van der Waals surface area contributed by atoms with E-state index in [4.69, 9.17) is 28.1 Å². The van der Waals surface area contributed by atoms with Gasteiger partial charge in [0.15, 0.2) is 17.8 Å². The molecule has 206 valence electrons. The van der Waals surface area contributed by atoms with Gasteiger partial charge in [-0.2, -0.15) is 0 Å². The highest BCUT2D eigenvalue weighted by atomic mass is 16.7. The standard InChI is InChI=1S/C24H28N2O12/c1-12(27)25-20-22(35-15(4)30)21(34-14(3)29)18(11-33-13(2)28)36-23(20)38-19(31)9-10-26-16-7-5-6-8-17(16)37-24(26)32/h5-8,18,20-23H,9-11H2,1-4H3,(H,25,27)/t18-,20+,21-,22-,23+/m1/s1. The zero-order valence-corrected chi connectivity index (χ0v) is 21.2. The second-order valence-electron chi connectivity index (χ2n) is 8.45. The van der Waals surface area contributed by atoms with Crippen molar-refractivity contribution in [2.45, 2.75) is 71.3 Å². The summed E-state index contributed by atoms with van der Waals surface area (Å²) < 4.78 is 33.3. The molecule has 1 aliphatic heterocycles. The van der Waals surface area contributed by atoms with Gasteiger partial charge in [-0.15, -0.1) is 0 Å². The van der Waals surface area contributed by atoms with Crippen LogP contribution >= 0.6 is 0 Å². The predicted molar refractivity (Wildman–Crippen MR) is 125 cm³/mol. The Morgan fingerprint density at radius 1 is 0.921 bits per heavy atom. The Bertz CT molecular complexity index is 1260. The minimum Gasteiger partial charge on any atom is -0.463 e. The van der Waals surface area contributed by atoms with Crippen LogP contribution in [-0.4, -0.2) is 71.6 Å². The summed E-state index contributed by atoms with van der Waals surface area (Å²) in [6, 6.07) is 5.37. The fraction of sp³-hybridized carbons (Fsp3) is 0.500. The molecule has 14 nitrogen and oxygen atoms in total. The first-order valence-corrected chi connectivity index (χ1v) is 11.6. The number of carbonyl (C=O) groups excluding carboxylic acids is 5. The number of rotatable bonds is 9. The summed E-state index contributed by atoms with van der Waals surface area (Å²) in [5.74, 6) is -4.31. The van der Waals surface area contributed by atoms with E-state index in [1.165, 1.54) is 11.5 Å². The number of hydrogen-bond donors (Lipinski definition) is 1. The number of benzene rings is 1. The lowest BCUT2D eigenvalue weighted by atomic mass is 9.96. The molecule has 0 radical (unpaired) electrons. The molecule has 0 saturated carbocycles. The Labute approximate surface area is 216 Å². The fourth-order valence-electron chi connectivity index (χ4n) is 4.01. The maximum absolute atomic E-state index is 12.8. The van der Waals surface area contributed by atoms with Gasteiger partial charge in [-0.25, -0.2) is 4.79 Å². The first-order chi connectivity index (χ1) is 18.0. The Kier molecular flexibility index (Phi) is 9.23. The van der Waals surface area contributed by atoms with Crippen LogP contribution in [0, 0.1) is 0 Å². The molecule has 0 aliphatic carbocycles. The number of ether oxygens (including phenoxy) is 5. The second-order valence-corrected chi connectivity index (χ2v) is 8.45. The third kappa shape index (κ3) is 7.18. The normalized spacial score (nSPS) is 22.8. The van der Waals surface area contributed by atoms with Gasteiger partial charge in [-0.05, 0) is 12.1 Å². The maximum Gasteiger partial charge on any atom is 0.419 e. The van der Waals surface area contributed by atoms with Crippen LogP contribution in [0.1, 0.15) is 34.1 Å². The largest absolute Gasteiger partial charge is 0.463 e. The van der Waals surface area contributed by atoms with Crippen molar-refractivity contribution in [3.8, 4) is 0 Å². The van der Waals surface area contributed by atoms with Crippen molar-refractivity contribution in [2.75, 3.05) is 6.61 Å². The summed E-state index contributed by atoms with van der Waals surface area (Å²) >= 11 is 0. The van der Waals surface area contributed by atoms with Gasteiger partial charge in [-0.1, -0.05) is 12.1 Å². The van der Waals surface area contributed by atoms with Gasteiger partial charge in [-0.3, -0.25) is 28.5 Å². The smallest absolute Gasteiger partial charge is 0.419 e. The fourth-order valence-corrected chi connectivity index (χ4v) is 4.01.